The van der Waals surface area contributed by atoms with Gasteiger partial charge in [-0.1, -0.05) is 24.3 Å². The van der Waals surface area contributed by atoms with Crippen LogP contribution in [0.1, 0.15) is 5.56 Å². The summed E-state index contributed by atoms with van der Waals surface area (Å²) >= 11 is 0. The molecule has 0 saturated heterocycles. The van der Waals surface area contributed by atoms with Crippen molar-refractivity contribution in [3.63, 3.8) is 0 Å². The molecule has 0 spiro atoms. The van der Waals surface area contributed by atoms with Crippen molar-refractivity contribution in [3.8, 4) is 16.9 Å². The Morgan fingerprint density at radius 1 is 0.844 bits per heavy atom. The van der Waals surface area contributed by atoms with Crippen LogP contribution in [-0.4, -0.2) is 15.5 Å². The maximum atomic E-state index is 14.7. The van der Waals surface area contributed by atoms with Crippen LogP contribution in [0.3, 0.4) is 0 Å². The zero-order chi connectivity index (χ0) is 23.8. The van der Waals surface area contributed by atoms with E-state index in [1.165, 1.54) is 18.2 Å². The van der Waals surface area contributed by atoms with Gasteiger partial charge in [0.05, 0.1) is 23.3 Å². The molecule has 0 bridgehead atoms. The highest BCUT2D eigenvalue weighted by Gasteiger charge is 2.35. The second-order valence-electron chi connectivity index (χ2n) is 6.34. The molecule has 1 N–H and O–H groups in total. The maximum Gasteiger partial charge on any atom is 0.419 e. The Morgan fingerprint density at radius 2 is 1.44 bits per heavy atom. The van der Waals surface area contributed by atoms with Crippen molar-refractivity contribution in [1.82, 2.24) is 0 Å². The van der Waals surface area contributed by atoms with E-state index in [-0.39, 0.29) is 0 Å². The van der Waals surface area contributed by atoms with E-state index < -0.39 is 72.5 Å². The molecule has 0 amide bonds. The molecule has 3 aromatic carbocycles. The van der Waals surface area contributed by atoms with Crippen LogP contribution >= 0.6 is 0 Å². The molecule has 0 aliphatic heterocycles. The summed E-state index contributed by atoms with van der Waals surface area (Å²) in [6.07, 6.45) is -4.88. The van der Waals surface area contributed by atoms with Crippen LogP contribution in [0, 0.1) is 23.3 Å². The molecule has 3 aromatic rings. The molecule has 0 atom stereocenters. The third kappa shape index (κ3) is 4.22. The van der Waals surface area contributed by atoms with Gasteiger partial charge >= 0.3 is 6.18 Å². The summed E-state index contributed by atoms with van der Waals surface area (Å²) < 4.78 is 128. The zero-order valence-corrected chi connectivity index (χ0v) is 16.7. The number of sulfonamides is 1. The van der Waals surface area contributed by atoms with Crippen molar-refractivity contribution in [3.05, 3.63) is 77.4 Å². The fourth-order valence-corrected chi connectivity index (χ4v) is 3.97. The van der Waals surface area contributed by atoms with Crippen molar-refractivity contribution in [2.75, 3.05) is 11.8 Å². The molecule has 170 valence electrons. The van der Waals surface area contributed by atoms with Gasteiger partial charge < -0.3 is 4.74 Å². The lowest BCUT2D eigenvalue weighted by Crippen LogP contribution is -2.17. The van der Waals surface area contributed by atoms with Gasteiger partial charge in [-0.3, -0.25) is 4.72 Å². The summed E-state index contributed by atoms with van der Waals surface area (Å²) in [5, 5.41) is 0. The number of halogens is 7. The highest BCUT2D eigenvalue weighted by atomic mass is 32.2. The average Bonchev–Trinajstić information content (AvgIpc) is 2.75. The maximum absolute atomic E-state index is 14.7. The van der Waals surface area contributed by atoms with Crippen molar-refractivity contribution >= 4 is 15.7 Å². The number of anilines is 1. The fraction of sp³-hybridized carbons (Fsp3) is 0.100. The number of rotatable bonds is 5. The van der Waals surface area contributed by atoms with Gasteiger partial charge in [0.25, 0.3) is 10.0 Å². The lowest BCUT2D eigenvalue weighted by molar-refractivity contribution is -0.138. The van der Waals surface area contributed by atoms with Crippen molar-refractivity contribution < 1.29 is 43.9 Å². The van der Waals surface area contributed by atoms with Crippen LogP contribution in [0.2, 0.25) is 0 Å². The topological polar surface area (TPSA) is 55.4 Å². The Labute approximate surface area is 177 Å². The number of alkyl halides is 3. The Balaban J connectivity index is 2.28. The number of hydrogen-bond acceptors (Lipinski definition) is 3. The second kappa shape index (κ2) is 8.34. The van der Waals surface area contributed by atoms with E-state index in [4.69, 9.17) is 0 Å². The Hall–Kier alpha value is -3.28. The first-order chi connectivity index (χ1) is 14.9. The van der Waals surface area contributed by atoms with Gasteiger partial charge in [0.2, 0.25) is 0 Å². The van der Waals surface area contributed by atoms with E-state index in [0.717, 1.165) is 19.2 Å². The average molecular weight is 479 g/mol. The van der Waals surface area contributed by atoms with Crippen LogP contribution in [0.15, 0.2) is 53.4 Å². The zero-order valence-electron chi connectivity index (χ0n) is 15.9. The minimum absolute atomic E-state index is 0.416. The lowest BCUT2D eigenvalue weighted by Gasteiger charge is -2.18. The lowest BCUT2D eigenvalue weighted by atomic mass is 9.99. The first-order valence-electron chi connectivity index (χ1n) is 8.58. The summed E-state index contributed by atoms with van der Waals surface area (Å²) in [7, 11) is -3.75. The molecular weight excluding hydrogens is 467 g/mol. The molecule has 0 aliphatic carbocycles. The van der Waals surface area contributed by atoms with E-state index >= 15 is 0 Å². The first kappa shape index (κ1) is 23.4. The van der Waals surface area contributed by atoms with Crippen LogP contribution in [-0.2, 0) is 16.2 Å². The standard InChI is InChI=1S/C20H12F7NO3S/c1-31-13-9-10(7-8-12(13)20(25,26)27)14-15(21)16(22)17(23)18(24)19(14)28-32(29,30)11-5-3-2-4-6-11/h2-9,28H,1H3. The molecule has 0 aromatic heterocycles. The van der Waals surface area contributed by atoms with Gasteiger partial charge in [-0.05, 0) is 29.8 Å². The van der Waals surface area contributed by atoms with Crippen molar-refractivity contribution in [2.45, 2.75) is 11.1 Å². The smallest absolute Gasteiger partial charge is 0.419 e. The minimum atomic E-state index is -4.88. The van der Waals surface area contributed by atoms with Crippen LogP contribution in [0.4, 0.5) is 36.4 Å². The monoisotopic (exact) mass is 479 g/mol. The summed E-state index contributed by atoms with van der Waals surface area (Å²) in [4.78, 5) is -0.416. The molecule has 4 nitrogen and oxygen atoms in total. The van der Waals surface area contributed by atoms with Crippen LogP contribution in [0.25, 0.3) is 11.1 Å². The summed E-state index contributed by atoms with van der Waals surface area (Å²) in [6, 6.07) is 7.98. The quantitative estimate of drug-likeness (QED) is 0.289. The largest absolute Gasteiger partial charge is 0.496 e. The van der Waals surface area contributed by atoms with Crippen molar-refractivity contribution in [2.24, 2.45) is 0 Å². The molecule has 0 saturated carbocycles. The van der Waals surface area contributed by atoms with E-state index in [9.17, 15) is 39.2 Å². The molecule has 3 rings (SSSR count). The van der Waals surface area contributed by atoms with Crippen molar-refractivity contribution in [1.29, 1.82) is 0 Å². The Kier molecular flexibility index (Phi) is 6.09. The van der Waals surface area contributed by atoms with Crippen LogP contribution in [0.5, 0.6) is 5.75 Å². The summed E-state index contributed by atoms with van der Waals surface area (Å²) in [6.45, 7) is 0. The molecule has 0 radical (unpaired) electrons. The summed E-state index contributed by atoms with van der Waals surface area (Å²) in [5.41, 5.74) is -4.35. The number of hydrogen-bond donors (Lipinski definition) is 1. The van der Waals surface area contributed by atoms with Gasteiger partial charge in [0.15, 0.2) is 23.3 Å². The highest BCUT2D eigenvalue weighted by molar-refractivity contribution is 7.92. The van der Waals surface area contributed by atoms with Crippen LogP contribution < -0.4 is 9.46 Å². The predicted molar refractivity (Wildman–Crippen MR) is 101 cm³/mol. The number of benzene rings is 3. The van der Waals surface area contributed by atoms with Gasteiger partial charge in [-0.15, -0.1) is 0 Å². The third-order valence-electron chi connectivity index (χ3n) is 4.35. The number of ether oxygens (including phenoxy) is 1. The highest BCUT2D eigenvalue weighted by Crippen LogP contribution is 2.42. The van der Waals surface area contributed by atoms with Gasteiger partial charge in [0, 0.05) is 5.56 Å². The first-order valence-corrected chi connectivity index (χ1v) is 10.1. The summed E-state index contributed by atoms with van der Waals surface area (Å²) in [5.74, 6) is -9.53. The second-order valence-corrected chi connectivity index (χ2v) is 8.02. The number of methoxy groups -OCH3 is 1. The number of nitrogens with one attached hydrogen (secondary N) is 1. The molecule has 12 heteroatoms. The van der Waals surface area contributed by atoms with Gasteiger partial charge in [-0.2, -0.15) is 13.2 Å². The Bertz CT molecular complexity index is 1280. The molecule has 0 unspecified atom stereocenters. The van der Waals surface area contributed by atoms with E-state index in [1.54, 1.807) is 4.72 Å². The van der Waals surface area contributed by atoms with Gasteiger partial charge in [0.1, 0.15) is 5.75 Å². The fourth-order valence-electron chi connectivity index (χ4n) is 2.87. The van der Waals surface area contributed by atoms with Gasteiger partial charge in [-0.25, -0.2) is 26.0 Å². The normalized spacial score (nSPS) is 12.0. The molecular formula is C20H12F7NO3S. The molecule has 32 heavy (non-hydrogen) atoms. The SMILES string of the molecule is COc1cc(-c2c(F)c(F)c(F)c(F)c2NS(=O)(=O)c2ccccc2)ccc1C(F)(F)F. The molecule has 0 fully saturated rings. The van der Waals surface area contributed by atoms with E-state index in [2.05, 4.69) is 4.74 Å². The predicted octanol–water partition coefficient (Wildman–Crippen LogP) is 5.74. The minimum Gasteiger partial charge on any atom is -0.496 e. The molecule has 0 heterocycles. The molecule has 0 aliphatic rings. The van der Waals surface area contributed by atoms with E-state index in [0.29, 0.717) is 18.2 Å². The Morgan fingerprint density at radius 3 is 2.00 bits per heavy atom. The third-order valence-corrected chi connectivity index (χ3v) is 5.72. The van der Waals surface area contributed by atoms with E-state index in [1.807, 2.05) is 0 Å².